The Bertz CT molecular complexity index is 1120. The lowest BCUT2D eigenvalue weighted by atomic mass is 10.1. The molecule has 3 aromatic heterocycles. The van der Waals surface area contributed by atoms with Crippen LogP contribution in [0.3, 0.4) is 0 Å². The molecule has 28 heavy (non-hydrogen) atoms. The van der Waals surface area contributed by atoms with Gasteiger partial charge in [-0.15, -0.1) is 11.3 Å². The van der Waals surface area contributed by atoms with Crippen molar-refractivity contribution < 1.29 is 4.79 Å². The van der Waals surface area contributed by atoms with E-state index in [1.165, 1.54) is 10.4 Å². The lowest BCUT2D eigenvalue weighted by molar-refractivity contribution is 0.166. The molecule has 5 heterocycles. The van der Waals surface area contributed by atoms with Crippen LogP contribution in [0.15, 0.2) is 23.6 Å². The van der Waals surface area contributed by atoms with E-state index in [2.05, 4.69) is 25.3 Å². The highest BCUT2D eigenvalue weighted by Crippen LogP contribution is 2.38. The summed E-state index contributed by atoms with van der Waals surface area (Å²) in [5.41, 5.74) is 3.46. The number of aromatic nitrogens is 3. The molecule has 0 aliphatic carbocycles. The number of fused-ring (bicyclic) bond motifs is 4. The molecule has 0 unspecified atom stereocenters. The van der Waals surface area contributed by atoms with Crippen LogP contribution < -0.4 is 5.32 Å². The van der Waals surface area contributed by atoms with E-state index in [1.54, 1.807) is 36.7 Å². The summed E-state index contributed by atoms with van der Waals surface area (Å²) in [6.45, 7) is 2.00. The van der Waals surface area contributed by atoms with Gasteiger partial charge in [0, 0.05) is 49.1 Å². The highest BCUT2D eigenvalue weighted by Gasteiger charge is 2.27. The number of anilines is 2. The third kappa shape index (κ3) is 2.78. The number of rotatable bonds is 2. The largest absolute Gasteiger partial charge is 0.331 e. The summed E-state index contributed by atoms with van der Waals surface area (Å²) in [6, 6.07) is 2.03. The maximum atomic E-state index is 12.3. The standard InChI is InChI=1S/C19H19N7OS/c1-25(2)19(27)26-4-3-13-14(9-26)28-18-16(13)17(22-10-23-18)24-15-5-11-6-20-7-12(11)8-21-15/h5-6,8,10H,3-4,7,9H2,1-2H3,(H,21,22,23,24). The average molecular weight is 393 g/mol. The molecule has 0 saturated carbocycles. The molecule has 3 aromatic rings. The van der Waals surface area contributed by atoms with Gasteiger partial charge in [-0.1, -0.05) is 0 Å². The molecule has 1 N–H and O–H groups in total. The van der Waals surface area contributed by atoms with Crippen LogP contribution in [0.25, 0.3) is 10.2 Å². The molecule has 0 saturated heterocycles. The van der Waals surface area contributed by atoms with Crippen molar-refractivity contribution in [2.45, 2.75) is 19.5 Å². The number of nitrogens with one attached hydrogen (secondary N) is 1. The van der Waals surface area contributed by atoms with E-state index in [4.69, 9.17) is 0 Å². The number of carbonyl (C=O) groups excluding carboxylic acids is 1. The maximum absolute atomic E-state index is 12.3. The van der Waals surface area contributed by atoms with Crippen molar-refractivity contribution in [2.24, 2.45) is 4.99 Å². The molecular formula is C19H19N7OS. The summed E-state index contributed by atoms with van der Waals surface area (Å²) in [6.07, 6.45) is 6.10. The smallest absolute Gasteiger partial charge is 0.319 e. The molecule has 5 rings (SSSR count). The number of hydrogen-bond acceptors (Lipinski definition) is 7. The minimum Gasteiger partial charge on any atom is -0.331 e. The molecule has 2 amide bonds. The predicted molar refractivity (Wildman–Crippen MR) is 109 cm³/mol. The number of pyridine rings is 1. The van der Waals surface area contributed by atoms with Gasteiger partial charge in [-0.2, -0.15) is 0 Å². The Morgan fingerprint density at radius 3 is 3.04 bits per heavy atom. The molecule has 2 aliphatic rings. The molecule has 0 aromatic carbocycles. The lowest BCUT2D eigenvalue weighted by Gasteiger charge is -2.29. The van der Waals surface area contributed by atoms with E-state index in [0.717, 1.165) is 39.4 Å². The minimum absolute atomic E-state index is 0.0385. The fourth-order valence-electron chi connectivity index (χ4n) is 3.65. The van der Waals surface area contributed by atoms with Gasteiger partial charge in [0.15, 0.2) is 0 Å². The molecular weight excluding hydrogens is 374 g/mol. The Labute approximate surface area is 166 Å². The van der Waals surface area contributed by atoms with Crippen LogP contribution in [-0.4, -0.2) is 57.6 Å². The number of amides is 2. The Hall–Kier alpha value is -3.07. The number of aliphatic imine (C=N–C) groups is 1. The predicted octanol–water partition coefficient (Wildman–Crippen LogP) is 2.80. The van der Waals surface area contributed by atoms with Crippen molar-refractivity contribution in [3.05, 3.63) is 40.2 Å². The second-order valence-corrected chi connectivity index (χ2v) is 8.20. The van der Waals surface area contributed by atoms with E-state index >= 15 is 0 Å². The molecule has 8 nitrogen and oxygen atoms in total. The summed E-state index contributed by atoms with van der Waals surface area (Å²) >= 11 is 1.63. The van der Waals surface area contributed by atoms with Crippen molar-refractivity contribution in [2.75, 3.05) is 26.0 Å². The van der Waals surface area contributed by atoms with Gasteiger partial charge in [-0.3, -0.25) is 4.99 Å². The van der Waals surface area contributed by atoms with E-state index in [1.807, 2.05) is 23.4 Å². The van der Waals surface area contributed by atoms with Crippen LogP contribution in [0.2, 0.25) is 0 Å². The van der Waals surface area contributed by atoms with Crippen LogP contribution in [0.5, 0.6) is 0 Å². The molecule has 0 fully saturated rings. The minimum atomic E-state index is 0.0385. The van der Waals surface area contributed by atoms with Gasteiger partial charge in [0.2, 0.25) is 0 Å². The number of nitrogens with zero attached hydrogens (tertiary/aromatic N) is 6. The van der Waals surface area contributed by atoms with Crippen LogP contribution in [0.1, 0.15) is 21.6 Å². The normalized spacial score (nSPS) is 14.9. The highest BCUT2D eigenvalue weighted by atomic mass is 32.1. The summed E-state index contributed by atoms with van der Waals surface area (Å²) in [5, 5.41) is 4.40. The topological polar surface area (TPSA) is 86.6 Å². The van der Waals surface area contributed by atoms with Crippen molar-refractivity contribution in [3.63, 3.8) is 0 Å². The number of thiophene rings is 1. The quantitative estimate of drug-likeness (QED) is 0.723. The fourth-order valence-corrected chi connectivity index (χ4v) is 4.86. The van der Waals surface area contributed by atoms with E-state index in [9.17, 15) is 4.79 Å². The summed E-state index contributed by atoms with van der Waals surface area (Å²) in [7, 11) is 3.56. The summed E-state index contributed by atoms with van der Waals surface area (Å²) in [5.74, 6) is 1.50. The molecule has 142 valence electrons. The Morgan fingerprint density at radius 2 is 2.18 bits per heavy atom. The molecule has 0 radical (unpaired) electrons. The van der Waals surface area contributed by atoms with Gasteiger partial charge < -0.3 is 15.1 Å². The van der Waals surface area contributed by atoms with Crippen molar-refractivity contribution in [1.82, 2.24) is 24.8 Å². The molecule has 0 atom stereocenters. The second-order valence-electron chi connectivity index (χ2n) is 7.12. The fraction of sp³-hybridized carbons (Fsp3) is 0.316. The van der Waals surface area contributed by atoms with Crippen LogP contribution in [0, 0.1) is 0 Å². The van der Waals surface area contributed by atoms with Crippen LogP contribution in [0.4, 0.5) is 16.4 Å². The van der Waals surface area contributed by atoms with Crippen LogP contribution in [-0.2, 0) is 19.5 Å². The average Bonchev–Trinajstić information content (AvgIpc) is 3.30. The Balaban J connectivity index is 1.50. The van der Waals surface area contributed by atoms with Gasteiger partial charge in [0.25, 0.3) is 0 Å². The van der Waals surface area contributed by atoms with Gasteiger partial charge in [-0.25, -0.2) is 19.7 Å². The Morgan fingerprint density at radius 1 is 1.29 bits per heavy atom. The molecule has 0 spiro atoms. The van der Waals surface area contributed by atoms with E-state index < -0.39 is 0 Å². The van der Waals surface area contributed by atoms with Crippen molar-refractivity contribution >= 4 is 45.4 Å². The zero-order valence-electron chi connectivity index (χ0n) is 15.6. The summed E-state index contributed by atoms with van der Waals surface area (Å²) < 4.78 is 0. The number of carbonyl (C=O) groups is 1. The molecule has 9 heteroatoms. The first-order valence-corrected chi connectivity index (χ1v) is 9.89. The van der Waals surface area contributed by atoms with Crippen molar-refractivity contribution in [3.8, 4) is 0 Å². The number of urea groups is 1. The second kappa shape index (κ2) is 6.52. The maximum Gasteiger partial charge on any atom is 0.319 e. The van der Waals surface area contributed by atoms with Crippen molar-refractivity contribution in [1.29, 1.82) is 0 Å². The van der Waals surface area contributed by atoms with E-state index in [-0.39, 0.29) is 6.03 Å². The SMILES string of the molecule is CN(C)C(=O)N1CCc2c(sc3ncnc(Nc4cc5c(cn4)CN=C5)c23)C1. The summed E-state index contributed by atoms with van der Waals surface area (Å²) in [4.78, 5) is 35.6. The first kappa shape index (κ1) is 17.1. The molecule has 0 bridgehead atoms. The van der Waals surface area contributed by atoms with Crippen LogP contribution >= 0.6 is 11.3 Å². The highest BCUT2D eigenvalue weighted by molar-refractivity contribution is 7.19. The monoisotopic (exact) mass is 393 g/mol. The zero-order chi connectivity index (χ0) is 19.3. The number of hydrogen-bond donors (Lipinski definition) is 1. The van der Waals surface area contributed by atoms with E-state index in [0.29, 0.717) is 19.6 Å². The zero-order valence-corrected chi connectivity index (χ0v) is 16.5. The third-order valence-electron chi connectivity index (χ3n) is 5.05. The van der Waals surface area contributed by atoms with Gasteiger partial charge in [-0.05, 0) is 18.1 Å². The van der Waals surface area contributed by atoms with Gasteiger partial charge in [0.05, 0.1) is 18.5 Å². The van der Waals surface area contributed by atoms with Gasteiger partial charge in [0.1, 0.15) is 22.8 Å². The molecule has 2 aliphatic heterocycles. The first-order valence-electron chi connectivity index (χ1n) is 9.07. The third-order valence-corrected chi connectivity index (χ3v) is 6.18. The Kier molecular flexibility index (Phi) is 3.97. The van der Waals surface area contributed by atoms with Gasteiger partial charge >= 0.3 is 6.03 Å². The first-order chi connectivity index (χ1) is 13.6. The lowest BCUT2D eigenvalue weighted by Crippen LogP contribution is -2.41.